The largest absolute Gasteiger partial charge is 0.356 e. The predicted octanol–water partition coefficient (Wildman–Crippen LogP) is 3.51. The van der Waals surface area contributed by atoms with Gasteiger partial charge in [0.2, 0.25) is 0 Å². The van der Waals surface area contributed by atoms with E-state index in [1.54, 1.807) is 0 Å². The van der Waals surface area contributed by atoms with Crippen molar-refractivity contribution in [3.63, 3.8) is 0 Å². The fraction of sp³-hybridized carbons (Fsp3) is 0.450. The fourth-order valence-electron chi connectivity index (χ4n) is 3.32. The Hall–Kier alpha value is -2.43. The van der Waals surface area contributed by atoms with E-state index in [1.165, 1.54) is 6.42 Å². The first-order valence-corrected chi connectivity index (χ1v) is 8.99. The Morgan fingerprint density at radius 2 is 2.04 bits per heavy atom. The molecule has 0 radical (unpaired) electrons. The molecular formula is C20H26N4O. The van der Waals surface area contributed by atoms with Crippen LogP contribution < -0.4 is 10.2 Å². The summed E-state index contributed by atoms with van der Waals surface area (Å²) in [4.78, 5) is 23.8. The normalized spacial score (nSPS) is 18.7. The van der Waals surface area contributed by atoms with E-state index in [0.717, 1.165) is 30.9 Å². The number of hydrogen-bond acceptors (Lipinski definition) is 4. The highest BCUT2D eigenvalue weighted by Gasteiger charge is 2.20. The Bertz CT molecular complexity index is 732. The lowest BCUT2D eigenvalue weighted by atomic mass is 10.0. The van der Waals surface area contributed by atoms with Crippen LogP contribution in [0.2, 0.25) is 0 Å². The van der Waals surface area contributed by atoms with Crippen molar-refractivity contribution in [2.45, 2.75) is 39.7 Å². The molecule has 25 heavy (non-hydrogen) atoms. The molecule has 1 saturated heterocycles. The number of anilines is 1. The van der Waals surface area contributed by atoms with Gasteiger partial charge in [-0.1, -0.05) is 37.3 Å². The number of amides is 1. The average Bonchev–Trinajstić information content (AvgIpc) is 2.62. The van der Waals surface area contributed by atoms with Crippen molar-refractivity contribution in [1.82, 2.24) is 15.3 Å². The highest BCUT2D eigenvalue weighted by Crippen LogP contribution is 2.22. The van der Waals surface area contributed by atoms with E-state index in [1.807, 2.05) is 50.2 Å². The molecular weight excluding hydrogens is 312 g/mol. The molecule has 0 aliphatic carbocycles. The Balaban J connectivity index is 1.76. The zero-order valence-electron chi connectivity index (χ0n) is 15.2. The summed E-state index contributed by atoms with van der Waals surface area (Å²) >= 11 is 0. The van der Waals surface area contributed by atoms with E-state index < -0.39 is 0 Å². The van der Waals surface area contributed by atoms with E-state index >= 15 is 0 Å². The number of aryl methyl sites for hydroxylation is 1. The van der Waals surface area contributed by atoms with Crippen LogP contribution in [0.1, 0.15) is 54.6 Å². The highest BCUT2D eigenvalue weighted by atomic mass is 16.1. The molecule has 2 heterocycles. The van der Waals surface area contributed by atoms with Crippen molar-refractivity contribution in [3.8, 4) is 0 Å². The molecule has 2 aromatic rings. The van der Waals surface area contributed by atoms with Crippen LogP contribution >= 0.6 is 0 Å². The summed E-state index contributed by atoms with van der Waals surface area (Å²) in [5, 5.41) is 3.03. The quantitative estimate of drug-likeness (QED) is 0.927. The minimum absolute atomic E-state index is 0.0672. The van der Waals surface area contributed by atoms with Gasteiger partial charge < -0.3 is 10.2 Å². The summed E-state index contributed by atoms with van der Waals surface area (Å²) < 4.78 is 0. The predicted molar refractivity (Wildman–Crippen MR) is 99.7 cm³/mol. The molecule has 132 valence electrons. The second kappa shape index (κ2) is 7.64. The summed E-state index contributed by atoms with van der Waals surface area (Å²) in [5.74, 6) is 1.98. The maximum absolute atomic E-state index is 12.7. The third kappa shape index (κ3) is 4.35. The van der Waals surface area contributed by atoms with Crippen molar-refractivity contribution in [3.05, 3.63) is 53.5 Å². The van der Waals surface area contributed by atoms with Crippen LogP contribution in [-0.2, 0) is 0 Å². The molecule has 1 fully saturated rings. The average molecular weight is 338 g/mol. The second-order valence-corrected chi connectivity index (χ2v) is 6.96. The molecule has 1 aromatic carbocycles. The minimum atomic E-state index is -0.159. The first-order valence-electron chi connectivity index (χ1n) is 8.99. The van der Waals surface area contributed by atoms with Crippen LogP contribution in [0, 0.1) is 12.8 Å². The third-order valence-corrected chi connectivity index (χ3v) is 4.69. The number of piperidine rings is 1. The molecule has 5 nitrogen and oxygen atoms in total. The first kappa shape index (κ1) is 17.4. The molecule has 0 spiro atoms. The van der Waals surface area contributed by atoms with Crippen molar-refractivity contribution in [2.75, 3.05) is 18.0 Å². The van der Waals surface area contributed by atoms with Gasteiger partial charge in [0, 0.05) is 19.2 Å². The summed E-state index contributed by atoms with van der Waals surface area (Å²) in [5.41, 5.74) is 1.51. The van der Waals surface area contributed by atoms with Gasteiger partial charge in [-0.2, -0.15) is 0 Å². The number of benzene rings is 1. The second-order valence-electron chi connectivity index (χ2n) is 6.96. The lowest BCUT2D eigenvalue weighted by Gasteiger charge is -2.32. The number of hydrogen-bond donors (Lipinski definition) is 1. The van der Waals surface area contributed by atoms with E-state index in [0.29, 0.717) is 17.4 Å². The van der Waals surface area contributed by atoms with Gasteiger partial charge in [0.25, 0.3) is 5.91 Å². The lowest BCUT2D eigenvalue weighted by molar-refractivity contribution is 0.0934. The molecule has 5 heteroatoms. The molecule has 1 N–H and O–H groups in total. The molecule has 0 saturated carbocycles. The van der Waals surface area contributed by atoms with E-state index in [-0.39, 0.29) is 11.9 Å². The lowest BCUT2D eigenvalue weighted by Crippen LogP contribution is -2.35. The van der Waals surface area contributed by atoms with Crippen molar-refractivity contribution in [1.29, 1.82) is 0 Å². The topological polar surface area (TPSA) is 58.1 Å². The van der Waals surface area contributed by atoms with Gasteiger partial charge in [0.15, 0.2) is 0 Å². The van der Waals surface area contributed by atoms with E-state index in [4.69, 9.17) is 0 Å². The van der Waals surface area contributed by atoms with E-state index in [9.17, 15) is 4.79 Å². The van der Waals surface area contributed by atoms with Gasteiger partial charge in [0.1, 0.15) is 17.3 Å². The number of carbonyl (C=O) groups is 1. The van der Waals surface area contributed by atoms with Gasteiger partial charge in [-0.15, -0.1) is 0 Å². The Morgan fingerprint density at radius 1 is 1.28 bits per heavy atom. The number of aromatic nitrogens is 2. The van der Waals surface area contributed by atoms with Gasteiger partial charge in [0.05, 0.1) is 6.04 Å². The molecule has 0 bridgehead atoms. The standard InChI is InChI=1S/C20H26N4O/c1-14-8-7-11-24(13-14)19-12-18(22-16(3)23-19)20(25)21-15(2)17-9-5-4-6-10-17/h4-6,9-10,12,14-15H,7-8,11,13H2,1-3H3,(H,21,25). The molecule has 1 aliphatic rings. The number of nitrogens with one attached hydrogen (secondary N) is 1. The maximum Gasteiger partial charge on any atom is 0.270 e. The molecule has 2 atom stereocenters. The first-order chi connectivity index (χ1) is 12.0. The Morgan fingerprint density at radius 3 is 2.76 bits per heavy atom. The SMILES string of the molecule is Cc1nc(C(=O)NC(C)c2ccccc2)cc(N2CCCC(C)C2)n1. The highest BCUT2D eigenvalue weighted by molar-refractivity contribution is 5.93. The number of rotatable bonds is 4. The van der Waals surface area contributed by atoms with Crippen molar-refractivity contribution >= 4 is 11.7 Å². The summed E-state index contributed by atoms with van der Waals surface area (Å²) in [6.45, 7) is 8.05. The summed E-state index contributed by atoms with van der Waals surface area (Å²) in [7, 11) is 0. The van der Waals surface area contributed by atoms with Gasteiger partial charge in [-0.05, 0) is 38.2 Å². The zero-order valence-corrected chi connectivity index (χ0v) is 15.2. The van der Waals surface area contributed by atoms with Crippen LogP contribution in [0.3, 0.4) is 0 Å². The summed E-state index contributed by atoms with van der Waals surface area (Å²) in [6, 6.07) is 11.7. The van der Waals surface area contributed by atoms with E-state index in [2.05, 4.69) is 27.1 Å². The maximum atomic E-state index is 12.7. The van der Waals surface area contributed by atoms with Gasteiger partial charge >= 0.3 is 0 Å². The van der Waals surface area contributed by atoms with Crippen molar-refractivity contribution < 1.29 is 4.79 Å². The van der Waals surface area contributed by atoms with Crippen LogP contribution in [0.5, 0.6) is 0 Å². The zero-order chi connectivity index (χ0) is 17.8. The van der Waals surface area contributed by atoms with Crippen LogP contribution in [0.15, 0.2) is 36.4 Å². The molecule has 1 amide bonds. The smallest absolute Gasteiger partial charge is 0.270 e. The number of nitrogens with zero attached hydrogens (tertiary/aromatic N) is 3. The molecule has 1 aliphatic heterocycles. The summed E-state index contributed by atoms with van der Waals surface area (Å²) in [6.07, 6.45) is 2.42. The molecule has 3 rings (SSSR count). The fourth-order valence-corrected chi connectivity index (χ4v) is 3.32. The molecule has 2 unspecified atom stereocenters. The van der Waals surface area contributed by atoms with Gasteiger partial charge in [-0.3, -0.25) is 4.79 Å². The Labute approximate surface area is 149 Å². The number of carbonyl (C=O) groups excluding carboxylic acids is 1. The Kier molecular flexibility index (Phi) is 5.31. The van der Waals surface area contributed by atoms with Gasteiger partial charge in [-0.25, -0.2) is 9.97 Å². The van der Waals surface area contributed by atoms with Crippen molar-refractivity contribution in [2.24, 2.45) is 5.92 Å². The minimum Gasteiger partial charge on any atom is -0.356 e. The van der Waals surface area contributed by atoms with Crippen LogP contribution in [0.4, 0.5) is 5.82 Å². The van der Waals surface area contributed by atoms with Crippen LogP contribution in [-0.4, -0.2) is 29.0 Å². The third-order valence-electron chi connectivity index (χ3n) is 4.69. The molecule has 1 aromatic heterocycles. The van der Waals surface area contributed by atoms with Crippen LogP contribution in [0.25, 0.3) is 0 Å². The monoisotopic (exact) mass is 338 g/mol.